The predicted octanol–water partition coefficient (Wildman–Crippen LogP) is 2.63. The third-order valence-electron chi connectivity index (χ3n) is 3.17. The second-order valence-corrected chi connectivity index (χ2v) is 5.03. The standard InChI is InChI=1S/C15H26N4O/c1-5-8-19(9-6-2)14-11-16-13(10-17-14)15(20)18-12(4)7-3/h10-12H,5-9H2,1-4H3,(H,18,20). The smallest absolute Gasteiger partial charge is 0.271 e. The van der Waals surface area contributed by atoms with Crippen molar-refractivity contribution in [1.82, 2.24) is 15.3 Å². The van der Waals surface area contributed by atoms with Gasteiger partial charge in [-0.05, 0) is 26.2 Å². The van der Waals surface area contributed by atoms with Crippen LogP contribution in [-0.4, -0.2) is 35.0 Å². The maximum atomic E-state index is 11.9. The molecule has 1 N–H and O–H groups in total. The van der Waals surface area contributed by atoms with Crippen LogP contribution in [0.1, 0.15) is 57.4 Å². The van der Waals surface area contributed by atoms with Crippen LogP contribution in [0.25, 0.3) is 0 Å². The molecule has 1 amide bonds. The van der Waals surface area contributed by atoms with E-state index in [1.165, 1.54) is 0 Å². The molecule has 1 aromatic heterocycles. The largest absolute Gasteiger partial charge is 0.355 e. The third kappa shape index (κ3) is 4.79. The van der Waals surface area contributed by atoms with Crippen molar-refractivity contribution in [2.75, 3.05) is 18.0 Å². The van der Waals surface area contributed by atoms with Gasteiger partial charge in [-0.1, -0.05) is 20.8 Å². The molecule has 1 aromatic rings. The first kappa shape index (κ1) is 16.4. The van der Waals surface area contributed by atoms with Gasteiger partial charge in [-0.3, -0.25) is 4.79 Å². The Labute approximate surface area is 121 Å². The molecule has 5 nitrogen and oxygen atoms in total. The van der Waals surface area contributed by atoms with E-state index in [0.717, 1.165) is 38.2 Å². The molecule has 20 heavy (non-hydrogen) atoms. The van der Waals surface area contributed by atoms with E-state index in [1.54, 1.807) is 12.4 Å². The number of carbonyl (C=O) groups excluding carboxylic acids is 1. The van der Waals surface area contributed by atoms with Gasteiger partial charge in [0.05, 0.1) is 12.4 Å². The van der Waals surface area contributed by atoms with Crippen LogP contribution < -0.4 is 10.2 Å². The number of carbonyl (C=O) groups is 1. The fraction of sp³-hybridized carbons (Fsp3) is 0.667. The van der Waals surface area contributed by atoms with E-state index in [1.807, 2.05) is 13.8 Å². The van der Waals surface area contributed by atoms with E-state index in [2.05, 4.69) is 34.0 Å². The van der Waals surface area contributed by atoms with Crippen molar-refractivity contribution in [3.05, 3.63) is 18.1 Å². The molecule has 0 aliphatic heterocycles. The molecule has 0 saturated carbocycles. The van der Waals surface area contributed by atoms with Gasteiger partial charge in [0.1, 0.15) is 11.5 Å². The number of hydrogen-bond acceptors (Lipinski definition) is 4. The topological polar surface area (TPSA) is 58.1 Å². The van der Waals surface area contributed by atoms with Gasteiger partial charge in [0, 0.05) is 19.1 Å². The molecule has 0 radical (unpaired) electrons. The molecule has 0 bridgehead atoms. The number of rotatable bonds is 8. The summed E-state index contributed by atoms with van der Waals surface area (Å²) in [6.07, 6.45) is 6.29. The average molecular weight is 278 g/mol. The summed E-state index contributed by atoms with van der Waals surface area (Å²) in [7, 11) is 0. The van der Waals surface area contributed by atoms with Crippen molar-refractivity contribution in [2.24, 2.45) is 0 Å². The molecule has 0 aliphatic carbocycles. The monoisotopic (exact) mass is 278 g/mol. The maximum absolute atomic E-state index is 11.9. The van der Waals surface area contributed by atoms with Crippen molar-refractivity contribution < 1.29 is 4.79 Å². The van der Waals surface area contributed by atoms with Crippen LogP contribution in [0.4, 0.5) is 5.82 Å². The van der Waals surface area contributed by atoms with E-state index >= 15 is 0 Å². The van der Waals surface area contributed by atoms with Gasteiger partial charge >= 0.3 is 0 Å². The van der Waals surface area contributed by atoms with Crippen LogP contribution in [0, 0.1) is 0 Å². The Morgan fingerprint density at radius 2 is 1.85 bits per heavy atom. The SMILES string of the molecule is CCCN(CCC)c1cnc(C(=O)NC(C)CC)cn1. The first-order valence-corrected chi connectivity index (χ1v) is 7.50. The molecular formula is C15H26N4O. The zero-order valence-electron chi connectivity index (χ0n) is 13.0. The first-order valence-electron chi connectivity index (χ1n) is 7.50. The molecule has 1 rings (SSSR count). The van der Waals surface area contributed by atoms with Crippen LogP contribution in [0.5, 0.6) is 0 Å². The highest BCUT2D eigenvalue weighted by molar-refractivity contribution is 5.92. The van der Waals surface area contributed by atoms with Crippen LogP contribution in [0.2, 0.25) is 0 Å². The Bertz CT molecular complexity index is 399. The van der Waals surface area contributed by atoms with Crippen LogP contribution >= 0.6 is 0 Å². The summed E-state index contributed by atoms with van der Waals surface area (Å²) in [6.45, 7) is 10.2. The summed E-state index contributed by atoms with van der Waals surface area (Å²) >= 11 is 0. The zero-order valence-corrected chi connectivity index (χ0v) is 13.0. The molecule has 1 unspecified atom stereocenters. The van der Waals surface area contributed by atoms with Crippen LogP contribution in [0.3, 0.4) is 0 Å². The van der Waals surface area contributed by atoms with Crippen molar-refractivity contribution in [2.45, 2.75) is 53.0 Å². The minimum absolute atomic E-state index is 0.153. The summed E-state index contributed by atoms with van der Waals surface area (Å²) < 4.78 is 0. The van der Waals surface area contributed by atoms with Gasteiger partial charge in [-0.25, -0.2) is 9.97 Å². The molecule has 1 atom stereocenters. The minimum Gasteiger partial charge on any atom is -0.355 e. The molecule has 0 fully saturated rings. The second kappa shape index (κ2) is 8.51. The summed E-state index contributed by atoms with van der Waals surface area (Å²) in [5.74, 6) is 0.685. The quantitative estimate of drug-likeness (QED) is 0.794. The van der Waals surface area contributed by atoms with Gasteiger partial charge in [-0.2, -0.15) is 0 Å². The van der Waals surface area contributed by atoms with Crippen LogP contribution in [-0.2, 0) is 0 Å². The third-order valence-corrected chi connectivity index (χ3v) is 3.17. The lowest BCUT2D eigenvalue weighted by molar-refractivity contribution is 0.0934. The highest BCUT2D eigenvalue weighted by atomic mass is 16.1. The zero-order chi connectivity index (χ0) is 15.0. The van der Waals surface area contributed by atoms with E-state index < -0.39 is 0 Å². The number of nitrogens with one attached hydrogen (secondary N) is 1. The number of amides is 1. The van der Waals surface area contributed by atoms with E-state index in [-0.39, 0.29) is 11.9 Å². The number of aromatic nitrogens is 2. The fourth-order valence-corrected chi connectivity index (χ4v) is 1.88. The molecule has 112 valence electrons. The highest BCUT2D eigenvalue weighted by Crippen LogP contribution is 2.10. The molecule has 0 aliphatic rings. The lowest BCUT2D eigenvalue weighted by Gasteiger charge is -2.22. The first-order chi connectivity index (χ1) is 9.62. The van der Waals surface area contributed by atoms with Gasteiger partial charge in [0.25, 0.3) is 5.91 Å². The van der Waals surface area contributed by atoms with Gasteiger partial charge in [0.15, 0.2) is 0 Å². The minimum atomic E-state index is -0.157. The van der Waals surface area contributed by atoms with Crippen molar-refractivity contribution in [1.29, 1.82) is 0 Å². The maximum Gasteiger partial charge on any atom is 0.271 e. The van der Waals surface area contributed by atoms with E-state index in [9.17, 15) is 4.79 Å². The van der Waals surface area contributed by atoms with Crippen molar-refractivity contribution in [3.8, 4) is 0 Å². The molecule has 5 heteroatoms. The summed E-state index contributed by atoms with van der Waals surface area (Å²) in [6, 6.07) is 0.153. The fourth-order valence-electron chi connectivity index (χ4n) is 1.88. The molecule has 0 saturated heterocycles. The Morgan fingerprint density at radius 3 is 2.30 bits per heavy atom. The second-order valence-electron chi connectivity index (χ2n) is 5.03. The van der Waals surface area contributed by atoms with Gasteiger partial charge in [-0.15, -0.1) is 0 Å². The van der Waals surface area contributed by atoms with E-state index in [0.29, 0.717) is 5.69 Å². The predicted molar refractivity (Wildman–Crippen MR) is 82.0 cm³/mol. The number of nitrogens with zero attached hydrogens (tertiary/aromatic N) is 3. The van der Waals surface area contributed by atoms with Crippen LogP contribution in [0.15, 0.2) is 12.4 Å². The Kier molecular flexibility index (Phi) is 6.98. The Balaban J connectivity index is 2.73. The highest BCUT2D eigenvalue weighted by Gasteiger charge is 2.12. The Hall–Kier alpha value is -1.65. The van der Waals surface area contributed by atoms with Gasteiger partial charge < -0.3 is 10.2 Å². The molecular weight excluding hydrogens is 252 g/mol. The van der Waals surface area contributed by atoms with E-state index in [4.69, 9.17) is 0 Å². The number of hydrogen-bond donors (Lipinski definition) is 1. The lowest BCUT2D eigenvalue weighted by atomic mass is 10.2. The average Bonchev–Trinajstić information content (AvgIpc) is 2.47. The van der Waals surface area contributed by atoms with Gasteiger partial charge in [0.2, 0.25) is 0 Å². The summed E-state index contributed by atoms with van der Waals surface area (Å²) in [4.78, 5) is 22.7. The normalized spacial score (nSPS) is 12.0. The molecule has 1 heterocycles. The Morgan fingerprint density at radius 1 is 1.20 bits per heavy atom. The summed E-state index contributed by atoms with van der Waals surface area (Å²) in [5, 5.41) is 2.89. The lowest BCUT2D eigenvalue weighted by Crippen LogP contribution is -2.33. The number of anilines is 1. The molecule has 0 spiro atoms. The van der Waals surface area contributed by atoms with Crippen molar-refractivity contribution >= 4 is 11.7 Å². The summed E-state index contributed by atoms with van der Waals surface area (Å²) in [5.41, 5.74) is 0.377. The molecule has 0 aromatic carbocycles. The van der Waals surface area contributed by atoms with Crippen molar-refractivity contribution in [3.63, 3.8) is 0 Å².